The fraction of sp³-hybridized carbons (Fsp3) is 0.462. The Balaban J connectivity index is 1.95. The molecule has 1 fully saturated rings. The van der Waals surface area contributed by atoms with Gasteiger partial charge in [0.1, 0.15) is 11.9 Å². The number of benzene rings is 1. The molecule has 1 aromatic carbocycles. The summed E-state index contributed by atoms with van der Waals surface area (Å²) in [6.07, 6.45) is -0.985. The lowest BCUT2D eigenvalue weighted by Gasteiger charge is -2.27. The largest absolute Gasteiger partial charge is 0.386 e. The van der Waals surface area contributed by atoms with Crippen molar-refractivity contribution in [2.24, 2.45) is 10.7 Å². The second-order valence-electron chi connectivity index (χ2n) is 4.34. The van der Waals surface area contributed by atoms with Crippen LogP contribution in [0, 0.1) is 5.82 Å². The van der Waals surface area contributed by atoms with E-state index in [9.17, 15) is 9.50 Å². The average Bonchev–Trinajstić information content (AvgIpc) is 2.46. The summed E-state index contributed by atoms with van der Waals surface area (Å²) in [6.45, 7) is 2.65. The number of hydrogen-bond donors (Lipinski definition) is 2. The first-order valence-electron chi connectivity index (χ1n) is 6.23. The Morgan fingerprint density at radius 3 is 2.79 bits per heavy atom. The number of aliphatic hydroxyl groups is 1. The fourth-order valence-corrected chi connectivity index (χ4v) is 1.92. The van der Waals surface area contributed by atoms with E-state index in [0.29, 0.717) is 32.3 Å². The summed E-state index contributed by atoms with van der Waals surface area (Å²) in [7, 11) is 0. The molecule has 0 aromatic heterocycles. The average molecular weight is 267 g/mol. The summed E-state index contributed by atoms with van der Waals surface area (Å²) >= 11 is 0. The molecule has 0 amide bonds. The van der Waals surface area contributed by atoms with E-state index in [2.05, 4.69) is 4.99 Å². The van der Waals surface area contributed by atoms with Crippen molar-refractivity contribution in [3.63, 3.8) is 0 Å². The van der Waals surface area contributed by atoms with Crippen molar-refractivity contribution in [1.29, 1.82) is 0 Å². The zero-order valence-corrected chi connectivity index (χ0v) is 10.6. The number of nitrogens with zero attached hydrogens (tertiary/aromatic N) is 2. The molecule has 19 heavy (non-hydrogen) atoms. The molecule has 104 valence electrons. The van der Waals surface area contributed by atoms with E-state index in [-0.39, 0.29) is 12.1 Å². The minimum absolute atomic E-state index is 0.0458. The second-order valence-corrected chi connectivity index (χ2v) is 4.34. The van der Waals surface area contributed by atoms with Crippen LogP contribution in [0.15, 0.2) is 29.3 Å². The van der Waals surface area contributed by atoms with Crippen LogP contribution in [0.4, 0.5) is 4.39 Å². The molecule has 0 aliphatic carbocycles. The van der Waals surface area contributed by atoms with Crippen LogP contribution in [-0.2, 0) is 4.74 Å². The van der Waals surface area contributed by atoms with Crippen LogP contribution in [-0.4, -0.2) is 48.8 Å². The third kappa shape index (κ3) is 3.65. The van der Waals surface area contributed by atoms with Crippen LogP contribution in [0.25, 0.3) is 0 Å². The van der Waals surface area contributed by atoms with Crippen molar-refractivity contribution >= 4 is 5.96 Å². The molecule has 0 radical (unpaired) electrons. The first-order valence-corrected chi connectivity index (χ1v) is 6.23. The smallest absolute Gasteiger partial charge is 0.191 e. The topological polar surface area (TPSA) is 71.1 Å². The predicted molar refractivity (Wildman–Crippen MR) is 70.2 cm³/mol. The summed E-state index contributed by atoms with van der Waals surface area (Å²) in [6, 6.07) is 6.11. The molecule has 6 heteroatoms. The highest BCUT2D eigenvalue weighted by molar-refractivity contribution is 5.78. The highest BCUT2D eigenvalue weighted by Gasteiger charge is 2.14. The molecular weight excluding hydrogens is 249 g/mol. The number of aliphatic imine (C=N–C) groups is 1. The zero-order valence-electron chi connectivity index (χ0n) is 10.6. The van der Waals surface area contributed by atoms with E-state index < -0.39 is 11.9 Å². The molecule has 1 aliphatic rings. The van der Waals surface area contributed by atoms with Crippen LogP contribution in [0.5, 0.6) is 0 Å². The fourth-order valence-electron chi connectivity index (χ4n) is 1.92. The molecular formula is C13H18FN3O2. The highest BCUT2D eigenvalue weighted by Crippen LogP contribution is 2.16. The number of halogens is 1. The summed E-state index contributed by atoms with van der Waals surface area (Å²) in [5.74, 6) is -0.0752. The lowest BCUT2D eigenvalue weighted by atomic mass is 10.1. The Kier molecular flexibility index (Phi) is 4.70. The minimum Gasteiger partial charge on any atom is -0.386 e. The third-order valence-corrected chi connectivity index (χ3v) is 3.03. The summed E-state index contributed by atoms with van der Waals surface area (Å²) < 4.78 is 18.7. The van der Waals surface area contributed by atoms with Crippen LogP contribution in [0.2, 0.25) is 0 Å². The molecule has 0 spiro atoms. The van der Waals surface area contributed by atoms with Crippen LogP contribution >= 0.6 is 0 Å². The van der Waals surface area contributed by atoms with Crippen molar-refractivity contribution < 1.29 is 14.2 Å². The number of ether oxygens (including phenoxy) is 1. The van der Waals surface area contributed by atoms with Gasteiger partial charge in [0.05, 0.1) is 19.8 Å². The van der Waals surface area contributed by atoms with Gasteiger partial charge in [-0.2, -0.15) is 0 Å². The quantitative estimate of drug-likeness (QED) is 0.618. The van der Waals surface area contributed by atoms with E-state index in [0.717, 1.165) is 0 Å². The van der Waals surface area contributed by atoms with Gasteiger partial charge < -0.3 is 20.5 Å². The molecule has 5 nitrogen and oxygen atoms in total. The Hall–Kier alpha value is -1.66. The first-order chi connectivity index (χ1) is 9.18. The van der Waals surface area contributed by atoms with Gasteiger partial charge in [0.15, 0.2) is 5.96 Å². The Labute approximate surface area is 111 Å². The Morgan fingerprint density at radius 2 is 2.11 bits per heavy atom. The number of aliphatic hydroxyl groups excluding tert-OH is 1. The van der Waals surface area contributed by atoms with E-state index in [1.807, 2.05) is 4.90 Å². The van der Waals surface area contributed by atoms with Crippen molar-refractivity contribution in [3.8, 4) is 0 Å². The van der Waals surface area contributed by atoms with Gasteiger partial charge in [-0.05, 0) is 6.07 Å². The van der Waals surface area contributed by atoms with Gasteiger partial charge >= 0.3 is 0 Å². The Morgan fingerprint density at radius 1 is 1.42 bits per heavy atom. The van der Waals surface area contributed by atoms with Gasteiger partial charge in [0.2, 0.25) is 0 Å². The van der Waals surface area contributed by atoms with Crippen LogP contribution in [0.3, 0.4) is 0 Å². The summed E-state index contributed by atoms with van der Waals surface area (Å²) in [5.41, 5.74) is 6.07. The van der Waals surface area contributed by atoms with Crippen molar-refractivity contribution in [2.45, 2.75) is 6.10 Å². The molecule has 1 unspecified atom stereocenters. The lowest BCUT2D eigenvalue weighted by Crippen LogP contribution is -2.45. The van der Waals surface area contributed by atoms with E-state index in [1.54, 1.807) is 18.2 Å². The highest BCUT2D eigenvalue weighted by atomic mass is 19.1. The van der Waals surface area contributed by atoms with Crippen LogP contribution in [0.1, 0.15) is 11.7 Å². The van der Waals surface area contributed by atoms with E-state index >= 15 is 0 Å². The standard InChI is InChI=1S/C13H18FN3O2/c14-11-4-2-1-3-10(11)12(18)9-16-13(15)17-5-7-19-8-6-17/h1-4,12,18H,5-9H2,(H2,15,16). The maximum atomic E-state index is 13.5. The molecule has 1 aromatic rings. The van der Waals surface area contributed by atoms with Gasteiger partial charge in [-0.15, -0.1) is 0 Å². The van der Waals surface area contributed by atoms with Crippen LogP contribution < -0.4 is 5.73 Å². The number of guanidine groups is 1. The van der Waals surface area contributed by atoms with Crippen molar-refractivity contribution in [1.82, 2.24) is 4.90 Å². The maximum absolute atomic E-state index is 13.5. The van der Waals surface area contributed by atoms with Crippen molar-refractivity contribution in [2.75, 3.05) is 32.8 Å². The molecule has 1 heterocycles. The number of rotatable bonds is 3. The minimum atomic E-state index is -0.985. The van der Waals surface area contributed by atoms with Gasteiger partial charge in [0, 0.05) is 18.7 Å². The molecule has 1 atom stereocenters. The Bertz CT molecular complexity index is 447. The summed E-state index contributed by atoms with van der Waals surface area (Å²) in [5, 5.41) is 9.90. The molecule has 3 N–H and O–H groups in total. The number of nitrogens with two attached hydrogens (primary N) is 1. The van der Waals surface area contributed by atoms with Gasteiger partial charge in [-0.25, -0.2) is 4.39 Å². The first kappa shape index (κ1) is 13.8. The summed E-state index contributed by atoms with van der Waals surface area (Å²) in [4.78, 5) is 6.00. The molecule has 1 saturated heterocycles. The third-order valence-electron chi connectivity index (χ3n) is 3.03. The van der Waals surface area contributed by atoms with Gasteiger partial charge in [0.25, 0.3) is 0 Å². The molecule has 0 bridgehead atoms. The maximum Gasteiger partial charge on any atom is 0.191 e. The predicted octanol–water partition coefficient (Wildman–Crippen LogP) is 0.506. The van der Waals surface area contributed by atoms with Crippen molar-refractivity contribution in [3.05, 3.63) is 35.6 Å². The molecule has 2 rings (SSSR count). The normalized spacial score (nSPS) is 18.4. The van der Waals surface area contributed by atoms with Gasteiger partial charge in [-0.3, -0.25) is 4.99 Å². The lowest BCUT2D eigenvalue weighted by molar-refractivity contribution is 0.0672. The zero-order chi connectivity index (χ0) is 13.7. The van der Waals surface area contributed by atoms with Gasteiger partial charge in [-0.1, -0.05) is 18.2 Å². The van der Waals surface area contributed by atoms with E-state index in [4.69, 9.17) is 10.5 Å². The SMILES string of the molecule is NC(=NCC(O)c1ccccc1F)N1CCOCC1. The molecule has 0 saturated carbocycles. The second kappa shape index (κ2) is 6.49. The number of hydrogen-bond acceptors (Lipinski definition) is 3. The molecule has 1 aliphatic heterocycles. The monoisotopic (exact) mass is 267 g/mol. The van der Waals surface area contributed by atoms with E-state index in [1.165, 1.54) is 6.07 Å². The number of morpholine rings is 1.